The summed E-state index contributed by atoms with van der Waals surface area (Å²) in [5.74, 6) is 0.0360. The maximum atomic E-state index is 11.0. The molecule has 6 heteroatoms. The molecule has 0 saturated carbocycles. The van der Waals surface area contributed by atoms with E-state index in [1.165, 1.54) is 6.07 Å². The maximum absolute atomic E-state index is 11.0. The van der Waals surface area contributed by atoms with Crippen LogP contribution in [0.5, 0.6) is 11.5 Å². The van der Waals surface area contributed by atoms with Crippen molar-refractivity contribution < 1.29 is 14.8 Å². The van der Waals surface area contributed by atoms with Gasteiger partial charge in [-0.05, 0) is 37.6 Å². The first-order chi connectivity index (χ1) is 11.8. The van der Waals surface area contributed by atoms with Crippen molar-refractivity contribution in [2.75, 3.05) is 11.9 Å². The molecule has 128 valence electrons. The number of benzene rings is 2. The first kappa shape index (κ1) is 15.5. The molecule has 4 rings (SSSR count). The summed E-state index contributed by atoms with van der Waals surface area (Å²) >= 11 is 0. The summed E-state index contributed by atoms with van der Waals surface area (Å²) in [6.07, 6.45) is 3.70. The van der Waals surface area contributed by atoms with E-state index >= 15 is 0 Å². The fourth-order valence-corrected chi connectivity index (χ4v) is 3.95. The minimum atomic E-state index is -0.822. The SMILES string of the molecule is CN1c2ccccc2C(C)(C)C12C=Cc1cc([N+](=O)[O-])cc(O)c1O2. The number of anilines is 1. The molecule has 2 aromatic carbocycles. The van der Waals surface area contributed by atoms with Gasteiger partial charge in [0.15, 0.2) is 11.5 Å². The highest BCUT2D eigenvalue weighted by molar-refractivity contribution is 5.74. The first-order valence-corrected chi connectivity index (χ1v) is 8.01. The Morgan fingerprint density at radius 2 is 1.96 bits per heavy atom. The summed E-state index contributed by atoms with van der Waals surface area (Å²) in [5, 5.41) is 21.3. The van der Waals surface area contributed by atoms with Gasteiger partial charge in [0, 0.05) is 24.4 Å². The number of phenolic OH excluding ortho intramolecular Hbond substituents is 1. The number of nitro benzene ring substituents is 1. The van der Waals surface area contributed by atoms with Crippen LogP contribution < -0.4 is 9.64 Å². The predicted octanol–water partition coefficient (Wildman–Crippen LogP) is 3.83. The number of non-ortho nitro benzene ring substituents is 1. The van der Waals surface area contributed by atoms with Crippen LogP contribution in [0, 0.1) is 10.1 Å². The van der Waals surface area contributed by atoms with Crippen molar-refractivity contribution in [3.05, 3.63) is 63.7 Å². The number of para-hydroxylation sites is 1. The average Bonchev–Trinajstić information content (AvgIpc) is 2.75. The number of aromatic hydroxyl groups is 1. The number of hydrogen-bond acceptors (Lipinski definition) is 5. The monoisotopic (exact) mass is 338 g/mol. The van der Waals surface area contributed by atoms with Gasteiger partial charge >= 0.3 is 0 Å². The Morgan fingerprint density at radius 3 is 2.64 bits per heavy atom. The maximum Gasteiger partial charge on any atom is 0.274 e. The lowest BCUT2D eigenvalue weighted by Gasteiger charge is -2.45. The Bertz CT molecular complexity index is 935. The normalized spacial score (nSPS) is 22.4. The molecule has 2 aliphatic rings. The summed E-state index contributed by atoms with van der Waals surface area (Å²) in [4.78, 5) is 12.5. The highest BCUT2D eigenvalue weighted by Gasteiger charge is 2.57. The van der Waals surface area contributed by atoms with Gasteiger partial charge in [0.05, 0.1) is 16.4 Å². The van der Waals surface area contributed by atoms with Crippen LogP contribution in [-0.4, -0.2) is 22.8 Å². The summed E-state index contributed by atoms with van der Waals surface area (Å²) in [5.41, 5.74) is 1.33. The molecule has 1 unspecified atom stereocenters. The van der Waals surface area contributed by atoms with E-state index in [1.54, 1.807) is 6.08 Å². The summed E-state index contributed by atoms with van der Waals surface area (Å²) in [6.45, 7) is 4.18. The standard InChI is InChI=1S/C19H18N2O4/c1-18(2)14-6-4-5-7-15(14)20(3)19(18)9-8-12-10-13(21(23)24)11-16(22)17(12)25-19/h4-11,22H,1-3H3. The second-order valence-electron chi connectivity index (χ2n) is 6.97. The lowest BCUT2D eigenvalue weighted by atomic mass is 9.76. The van der Waals surface area contributed by atoms with Crippen molar-refractivity contribution in [1.82, 2.24) is 0 Å². The Kier molecular flexibility index (Phi) is 2.95. The number of likely N-dealkylation sites (N-methyl/N-ethyl adjacent to an activating group) is 1. The zero-order valence-electron chi connectivity index (χ0n) is 14.2. The molecule has 2 aromatic rings. The number of nitrogens with zero attached hydrogens (tertiary/aromatic N) is 2. The molecule has 1 atom stereocenters. The minimum Gasteiger partial charge on any atom is -0.504 e. The van der Waals surface area contributed by atoms with E-state index in [0.717, 1.165) is 17.3 Å². The Hall–Kier alpha value is -3.02. The topological polar surface area (TPSA) is 75.8 Å². The number of rotatable bonds is 1. The van der Waals surface area contributed by atoms with E-state index in [1.807, 2.05) is 36.2 Å². The molecular formula is C19H18N2O4. The molecule has 0 aromatic heterocycles. The molecule has 2 heterocycles. The van der Waals surface area contributed by atoms with Crippen LogP contribution >= 0.6 is 0 Å². The number of nitro groups is 1. The van der Waals surface area contributed by atoms with Crippen LogP contribution in [0.3, 0.4) is 0 Å². The third-order valence-electron chi connectivity index (χ3n) is 5.37. The molecule has 1 spiro atoms. The lowest BCUT2D eigenvalue weighted by molar-refractivity contribution is -0.385. The van der Waals surface area contributed by atoms with Crippen LogP contribution in [0.1, 0.15) is 25.0 Å². The Morgan fingerprint density at radius 1 is 1.24 bits per heavy atom. The summed E-state index contributed by atoms with van der Waals surface area (Å²) in [6, 6.07) is 10.6. The van der Waals surface area contributed by atoms with Gasteiger partial charge in [-0.15, -0.1) is 0 Å². The van der Waals surface area contributed by atoms with Crippen molar-refractivity contribution in [2.45, 2.75) is 25.0 Å². The van der Waals surface area contributed by atoms with Crippen LogP contribution in [-0.2, 0) is 5.41 Å². The van der Waals surface area contributed by atoms with Gasteiger partial charge in [-0.25, -0.2) is 0 Å². The highest BCUT2D eigenvalue weighted by atomic mass is 16.6. The van der Waals surface area contributed by atoms with E-state index in [-0.39, 0.29) is 22.6 Å². The van der Waals surface area contributed by atoms with Gasteiger partial charge in [-0.3, -0.25) is 10.1 Å². The van der Waals surface area contributed by atoms with Crippen LogP contribution in [0.15, 0.2) is 42.5 Å². The second-order valence-corrected chi connectivity index (χ2v) is 6.97. The highest BCUT2D eigenvalue weighted by Crippen LogP contribution is 2.55. The van der Waals surface area contributed by atoms with E-state index in [0.29, 0.717) is 5.56 Å². The molecule has 25 heavy (non-hydrogen) atoms. The molecule has 2 aliphatic heterocycles. The number of fused-ring (bicyclic) bond motifs is 2. The molecule has 6 nitrogen and oxygen atoms in total. The van der Waals surface area contributed by atoms with Crippen LogP contribution in [0.2, 0.25) is 0 Å². The quantitative estimate of drug-likeness (QED) is 0.632. The number of phenols is 1. The second kappa shape index (κ2) is 4.75. The number of ether oxygens (including phenoxy) is 1. The number of hydrogen-bond donors (Lipinski definition) is 1. The molecule has 0 fully saturated rings. The third kappa shape index (κ3) is 1.85. The molecular weight excluding hydrogens is 320 g/mol. The van der Waals surface area contributed by atoms with Crippen molar-refractivity contribution in [2.24, 2.45) is 0 Å². The minimum absolute atomic E-state index is 0.164. The van der Waals surface area contributed by atoms with Crippen LogP contribution in [0.25, 0.3) is 6.08 Å². The molecule has 0 amide bonds. The predicted molar refractivity (Wildman–Crippen MR) is 95.0 cm³/mol. The summed E-state index contributed by atoms with van der Waals surface area (Å²) < 4.78 is 6.32. The average molecular weight is 338 g/mol. The van der Waals surface area contributed by atoms with Gasteiger partial charge in [0.25, 0.3) is 5.69 Å². The van der Waals surface area contributed by atoms with E-state index in [9.17, 15) is 15.2 Å². The summed E-state index contributed by atoms with van der Waals surface area (Å²) in [7, 11) is 1.95. The Labute approximate surface area is 145 Å². The molecule has 0 radical (unpaired) electrons. The van der Waals surface area contributed by atoms with Crippen molar-refractivity contribution in [3.8, 4) is 11.5 Å². The molecule has 0 bridgehead atoms. The van der Waals surface area contributed by atoms with E-state index in [4.69, 9.17) is 4.74 Å². The van der Waals surface area contributed by atoms with E-state index in [2.05, 4.69) is 19.9 Å². The van der Waals surface area contributed by atoms with Gasteiger partial charge in [-0.1, -0.05) is 18.2 Å². The zero-order chi connectivity index (χ0) is 18.0. The van der Waals surface area contributed by atoms with Crippen molar-refractivity contribution in [3.63, 3.8) is 0 Å². The van der Waals surface area contributed by atoms with Crippen molar-refractivity contribution in [1.29, 1.82) is 0 Å². The Balaban J connectivity index is 1.88. The van der Waals surface area contributed by atoms with Gasteiger partial charge in [0.2, 0.25) is 5.72 Å². The first-order valence-electron chi connectivity index (χ1n) is 8.01. The van der Waals surface area contributed by atoms with E-state index < -0.39 is 10.6 Å². The molecule has 0 saturated heterocycles. The third-order valence-corrected chi connectivity index (χ3v) is 5.37. The molecule has 0 aliphatic carbocycles. The van der Waals surface area contributed by atoms with Crippen LogP contribution in [0.4, 0.5) is 11.4 Å². The van der Waals surface area contributed by atoms with Gasteiger partial charge in [0.1, 0.15) is 0 Å². The van der Waals surface area contributed by atoms with Gasteiger partial charge in [-0.2, -0.15) is 0 Å². The molecule has 1 N–H and O–H groups in total. The smallest absolute Gasteiger partial charge is 0.274 e. The van der Waals surface area contributed by atoms with Gasteiger partial charge < -0.3 is 14.7 Å². The fourth-order valence-electron chi connectivity index (χ4n) is 3.95. The lowest BCUT2D eigenvalue weighted by Crippen LogP contribution is -2.58. The largest absolute Gasteiger partial charge is 0.504 e. The zero-order valence-corrected chi connectivity index (χ0v) is 14.2. The van der Waals surface area contributed by atoms with Crippen molar-refractivity contribution >= 4 is 17.5 Å². The fraction of sp³-hybridized carbons (Fsp3) is 0.263.